The van der Waals surface area contributed by atoms with E-state index in [1.807, 2.05) is 6.07 Å². The number of hydrogen-bond donors (Lipinski definition) is 2. The summed E-state index contributed by atoms with van der Waals surface area (Å²) in [7, 11) is 0. The van der Waals surface area contributed by atoms with Gasteiger partial charge in [0.25, 0.3) is 0 Å². The molecule has 0 saturated heterocycles. The molecule has 0 fully saturated rings. The van der Waals surface area contributed by atoms with Gasteiger partial charge in [0.05, 0.1) is 11.0 Å². The minimum absolute atomic E-state index is 0.0942. The highest BCUT2D eigenvalue weighted by Gasteiger charge is 2.06. The number of carbonyl (C=O) groups excluding carboxylic acids is 1. The minimum atomic E-state index is -0.143. The second-order valence-electron chi connectivity index (χ2n) is 3.99. The molecular formula is C12H14N4O. The Bertz CT molecular complexity index is 539. The van der Waals surface area contributed by atoms with E-state index in [1.54, 1.807) is 31.5 Å². The average molecular weight is 230 g/mol. The number of amides is 1. The third-order valence-corrected chi connectivity index (χ3v) is 2.26. The van der Waals surface area contributed by atoms with Crippen molar-refractivity contribution in [3.63, 3.8) is 0 Å². The van der Waals surface area contributed by atoms with Crippen LogP contribution in [0.1, 0.15) is 13.3 Å². The molecule has 1 amide bonds. The highest BCUT2D eigenvalue weighted by Crippen LogP contribution is 2.15. The van der Waals surface area contributed by atoms with Gasteiger partial charge >= 0.3 is 0 Å². The molecule has 0 aliphatic rings. The molecule has 0 radical (unpaired) electrons. The summed E-state index contributed by atoms with van der Waals surface area (Å²) in [4.78, 5) is 19.9. The average Bonchev–Trinajstić information content (AvgIpc) is 2.27. The van der Waals surface area contributed by atoms with E-state index in [1.165, 1.54) is 0 Å². The summed E-state index contributed by atoms with van der Waals surface area (Å²) in [5, 5.41) is 2.78. The van der Waals surface area contributed by atoms with Crippen LogP contribution in [0, 0.1) is 0 Å². The number of carbonyl (C=O) groups is 1. The number of rotatable bonds is 3. The van der Waals surface area contributed by atoms with Crippen molar-refractivity contribution in [3.05, 3.63) is 30.6 Å². The minimum Gasteiger partial charge on any atom is -0.327 e. The van der Waals surface area contributed by atoms with Crippen LogP contribution in [0.3, 0.4) is 0 Å². The molecular weight excluding hydrogens is 216 g/mol. The molecule has 0 saturated carbocycles. The Labute approximate surface area is 99.1 Å². The van der Waals surface area contributed by atoms with Crippen LogP contribution >= 0.6 is 0 Å². The summed E-state index contributed by atoms with van der Waals surface area (Å²) in [6, 6.07) is 5.27. The van der Waals surface area contributed by atoms with Crippen molar-refractivity contribution in [1.82, 2.24) is 9.97 Å². The van der Waals surface area contributed by atoms with Crippen molar-refractivity contribution < 1.29 is 4.79 Å². The monoisotopic (exact) mass is 230 g/mol. The van der Waals surface area contributed by atoms with Crippen molar-refractivity contribution in [3.8, 4) is 0 Å². The Morgan fingerprint density at radius 3 is 2.76 bits per heavy atom. The number of nitrogens with two attached hydrogens (primary N) is 1. The molecule has 5 nitrogen and oxygen atoms in total. The summed E-state index contributed by atoms with van der Waals surface area (Å²) in [5.41, 5.74) is 7.83. The van der Waals surface area contributed by atoms with E-state index in [0.29, 0.717) is 12.1 Å². The first-order valence-electron chi connectivity index (χ1n) is 5.41. The Kier molecular flexibility index (Phi) is 3.30. The molecule has 0 bridgehead atoms. The second-order valence-corrected chi connectivity index (χ2v) is 3.99. The fourth-order valence-electron chi connectivity index (χ4n) is 1.55. The van der Waals surface area contributed by atoms with Gasteiger partial charge in [-0.15, -0.1) is 0 Å². The Hall–Kier alpha value is -2.01. The van der Waals surface area contributed by atoms with E-state index in [-0.39, 0.29) is 11.9 Å². The SMILES string of the molecule is CC(N)CC(=O)Nc1ccc2nccnc2c1. The van der Waals surface area contributed by atoms with Gasteiger partial charge < -0.3 is 11.1 Å². The normalized spacial score (nSPS) is 12.4. The molecule has 0 spiro atoms. The molecule has 88 valence electrons. The van der Waals surface area contributed by atoms with Crippen LogP contribution < -0.4 is 11.1 Å². The summed E-state index contributed by atoms with van der Waals surface area (Å²) >= 11 is 0. The van der Waals surface area contributed by atoms with Crippen LogP contribution in [0.5, 0.6) is 0 Å². The molecule has 0 aliphatic heterocycles. The maximum Gasteiger partial charge on any atom is 0.225 e. The van der Waals surface area contributed by atoms with Crippen molar-refractivity contribution in [1.29, 1.82) is 0 Å². The van der Waals surface area contributed by atoms with Gasteiger partial charge in [0.15, 0.2) is 0 Å². The third kappa shape index (κ3) is 2.98. The zero-order valence-corrected chi connectivity index (χ0v) is 9.55. The number of aromatic nitrogens is 2. The predicted molar refractivity (Wildman–Crippen MR) is 66.4 cm³/mol. The molecule has 1 heterocycles. The van der Waals surface area contributed by atoms with Crippen molar-refractivity contribution in [2.75, 3.05) is 5.32 Å². The highest BCUT2D eigenvalue weighted by atomic mass is 16.1. The summed E-state index contributed by atoms with van der Waals surface area (Å²) in [5.74, 6) is -0.0942. The van der Waals surface area contributed by atoms with Gasteiger partial charge in [0.1, 0.15) is 0 Å². The van der Waals surface area contributed by atoms with Crippen molar-refractivity contribution in [2.24, 2.45) is 5.73 Å². The van der Waals surface area contributed by atoms with Gasteiger partial charge in [-0.1, -0.05) is 0 Å². The number of anilines is 1. The first kappa shape index (κ1) is 11.5. The van der Waals surface area contributed by atoms with Crippen LogP contribution in [0.25, 0.3) is 11.0 Å². The zero-order chi connectivity index (χ0) is 12.3. The standard InChI is InChI=1S/C12H14N4O/c1-8(13)6-12(17)16-9-2-3-10-11(7-9)15-5-4-14-10/h2-5,7-8H,6,13H2,1H3,(H,16,17). The van der Waals surface area contributed by atoms with Gasteiger partial charge in [-0.05, 0) is 25.1 Å². The van der Waals surface area contributed by atoms with Crippen LogP contribution in [0.15, 0.2) is 30.6 Å². The van der Waals surface area contributed by atoms with Crippen molar-refractivity contribution >= 4 is 22.6 Å². The number of fused-ring (bicyclic) bond motifs is 1. The first-order valence-corrected chi connectivity index (χ1v) is 5.41. The fraction of sp³-hybridized carbons (Fsp3) is 0.250. The van der Waals surface area contributed by atoms with E-state index in [0.717, 1.165) is 11.0 Å². The predicted octanol–water partition coefficient (Wildman–Crippen LogP) is 1.31. The van der Waals surface area contributed by atoms with E-state index in [4.69, 9.17) is 5.73 Å². The second kappa shape index (κ2) is 4.88. The molecule has 1 aromatic carbocycles. The molecule has 2 rings (SSSR count). The quantitative estimate of drug-likeness (QED) is 0.832. The molecule has 5 heteroatoms. The largest absolute Gasteiger partial charge is 0.327 e. The lowest BCUT2D eigenvalue weighted by Crippen LogP contribution is -2.23. The van der Waals surface area contributed by atoms with Gasteiger partial charge in [-0.3, -0.25) is 14.8 Å². The topological polar surface area (TPSA) is 80.9 Å². The summed E-state index contributed by atoms with van der Waals surface area (Å²) in [6.45, 7) is 1.80. The maximum absolute atomic E-state index is 11.5. The summed E-state index contributed by atoms with van der Waals surface area (Å²) < 4.78 is 0. The molecule has 17 heavy (non-hydrogen) atoms. The highest BCUT2D eigenvalue weighted by molar-refractivity contribution is 5.93. The first-order chi connectivity index (χ1) is 8.15. The van der Waals surface area contributed by atoms with E-state index in [2.05, 4.69) is 15.3 Å². The number of hydrogen-bond acceptors (Lipinski definition) is 4. The molecule has 1 atom stereocenters. The molecule has 2 aromatic rings. The van der Waals surface area contributed by atoms with Crippen LogP contribution in [-0.4, -0.2) is 21.9 Å². The summed E-state index contributed by atoms with van der Waals surface area (Å²) in [6.07, 6.45) is 3.56. The van der Waals surface area contributed by atoms with E-state index < -0.39 is 0 Å². The third-order valence-electron chi connectivity index (χ3n) is 2.26. The number of benzene rings is 1. The lowest BCUT2D eigenvalue weighted by Gasteiger charge is -2.07. The fourth-order valence-corrected chi connectivity index (χ4v) is 1.55. The Balaban J connectivity index is 2.17. The Morgan fingerprint density at radius 2 is 2.06 bits per heavy atom. The van der Waals surface area contributed by atoms with E-state index in [9.17, 15) is 4.79 Å². The Morgan fingerprint density at radius 1 is 1.35 bits per heavy atom. The van der Waals surface area contributed by atoms with Gasteiger partial charge in [0, 0.05) is 30.5 Å². The van der Waals surface area contributed by atoms with Gasteiger partial charge in [0.2, 0.25) is 5.91 Å². The van der Waals surface area contributed by atoms with Crippen LogP contribution in [0.2, 0.25) is 0 Å². The molecule has 1 aromatic heterocycles. The molecule has 1 unspecified atom stereocenters. The number of nitrogens with zero attached hydrogens (tertiary/aromatic N) is 2. The number of nitrogens with one attached hydrogen (secondary N) is 1. The zero-order valence-electron chi connectivity index (χ0n) is 9.55. The lowest BCUT2D eigenvalue weighted by atomic mass is 10.2. The molecule has 0 aliphatic carbocycles. The van der Waals surface area contributed by atoms with E-state index >= 15 is 0 Å². The lowest BCUT2D eigenvalue weighted by molar-refractivity contribution is -0.116. The van der Waals surface area contributed by atoms with Crippen LogP contribution in [0.4, 0.5) is 5.69 Å². The molecule has 3 N–H and O–H groups in total. The maximum atomic E-state index is 11.5. The van der Waals surface area contributed by atoms with Gasteiger partial charge in [-0.25, -0.2) is 0 Å². The smallest absolute Gasteiger partial charge is 0.225 e. The van der Waals surface area contributed by atoms with Gasteiger partial charge in [-0.2, -0.15) is 0 Å². The van der Waals surface area contributed by atoms with Crippen LogP contribution in [-0.2, 0) is 4.79 Å². The van der Waals surface area contributed by atoms with Crippen molar-refractivity contribution in [2.45, 2.75) is 19.4 Å².